The summed E-state index contributed by atoms with van der Waals surface area (Å²) in [5.74, 6) is -0.499. The van der Waals surface area contributed by atoms with Crippen LogP contribution in [0.25, 0.3) is 0 Å². The van der Waals surface area contributed by atoms with Crippen LogP contribution >= 0.6 is 0 Å². The molecule has 2 rings (SSSR count). The van der Waals surface area contributed by atoms with Gasteiger partial charge in [-0.3, -0.25) is 0 Å². The van der Waals surface area contributed by atoms with Gasteiger partial charge in [0, 0.05) is 12.6 Å². The Labute approximate surface area is 119 Å². The van der Waals surface area contributed by atoms with Crippen molar-refractivity contribution >= 4 is 21.5 Å². The van der Waals surface area contributed by atoms with Gasteiger partial charge in [0.1, 0.15) is 0 Å². The Morgan fingerprint density at radius 3 is 2.50 bits per heavy atom. The minimum Gasteiger partial charge on any atom is -0.465 e. The van der Waals surface area contributed by atoms with E-state index in [1.54, 1.807) is 13.0 Å². The Hall–Kier alpha value is -1.56. The highest BCUT2D eigenvalue weighted by Crippen LogP contribution is 2.38. The van der Waals surface area contributed by atoms with Crippen molar-refractivity contribution in [3.8, 4) is 0 Å². The lowest BCUT2D eigenvalue weighted by molar-refractivity contribution is 0.0599. The largest absolute Gasteiger partial charge is 0.465 e. The van der Waals surface area contributed by atoms with E-state index in [1.165, 1.54) is 13.2 Å². The van der Waals surface area contributed by atoms with Crippen LogP contribution < -0.4 is 4.90 Å². The third-order valence-electron chi connectivity index (χ3n) is 3.86. The molecule has 0 fully saturated rings. The Balaban J connectivity index is 2.74. The molecule has 0 bridgehead atoms. The van der Waals surface area contributed by atoms with Crippen LogP contribution in [0.2, 0.25) is 0 Å². The number of methoxy groups -OCH3 is 1. The predicted molar refractivity (Wildman–Crippen MR) is 77.1 cm³/mol. The Kier molecular flexibility index (Phi) is 3.32. The average molecular weight is 297 g/mol. The normalized spacial score (nSPS) is 19.4. The van der Waals surface area contributed by atoms with Gasteiger partial charge in [-0.05, 0) is 38.5 Å². The quantitative estimate of drug-likeness (QED) is 0.739. The van der Waals surface area contributed by atoms with Gasteiger partial charge >= 0.3 is 5.97 Å². The van der Waals surface area contributed by atoms with Gasteiger partial charge in [-0.25, -0.2) is 13.2 Å². The molecule has 1 heterocycles. The van der Waals surface area contributed by atoms with Crippen LogP contribution in [0.1, 0.15) is 29.8 Å². The van der Waals surface area contributed by atoms with Crippen LogP contribution in [0.5, 0.6) is 0 Å². The number of esters is 1. The van der Waals surface area contributed by atoms with Crippen LogP contribution in [-0.4, -0.2) is 39.8 Å². The highest BCUT2D eigenvalue weighted by molar-refractivity contribution is 7.91. The minimum atomic E-state index is -3.41. The van der Waals surface area contributed by atoms with Crippen molar-refractivity contribution in [3.63, 3.8) is 0 Å². The van der Waals surface area contributed by atoms with E-state index in [9.17, 15) is 13.2 Å². The van der Waals surface area contributed by atoms with E-state index >= 15 is 0 Å². The first-order chi connectivity index (χ1) is 9.10. The average Bonchev–Trinajstić information content (AvgIpc) is 2.33. The molecule has 6 heteroatoms. The maximum Gasteiger partial charge on any atom is 0.338 e. The van der Waals surface area contributed by atoms with E-state index in [1.807, 2.05) is 25.8 Å². The van der Waals surface area contributed by atoms with Crippen molar-refractivity contribution in [2.45, 2.75) is 31.2 Å². The maximum atomic E-state index is 12.4. The van der Waals surface area contributed by atoms with Gasteiger partial charge in [0.25, 0.3) is 0 Å². The monoisotopic (exact) mass is 297 g/mol. The van der Waals surface area contributed by atoms with Crippen LogP contribution in [0.3, 0.4) is 0 Å². The molecule has 0 aliphatic carbocycles. The molecule has 1 aromatic carbocycles. The van der Waals surface area contributed by atoms with E-state index in [-0.39, 0.29) is 10.6 Å². The summed E-state index contributed by atoms with van der Waals surface area (Å²) in [5.41, 5.74) is 1.15. The predicted octanol–water partition coefficient (Wildman–Crippen LogP) is 1.78. The zero-order chi connectivity index (χ0) is 15.3. The summed E-state index contributed by atoms with van der Waals surface area (Å²) >= 11 is 0. The first-order valence-corrected chi connectivity index (χ1v) is 7.95. The molecule has 0 atom stereocenters. The molecule has 0 saturated heterocycles. The van der Waals surface area contributed by atoms with Gasteiger partial charge in [-0.15, -0.1) is 0 Å². The topological polar surface area (TPSA) is 63.7 Å². The van der Waals surface area contributed by atoms with Crippen LogP contribution in [-0.2, 0) is 14.6 Å². The molecule has 1 aliphatic heterocycles. The van der Waals surface area contributed by atoms with Crippen molar-refractivity contribution in [2.24, 2.45) is 0 Å². The van der Waals surface area contributed by atoms with E-state index < -0.39 is 21.3 Å². The molecule has 0 aromatic heterocycles. The first-order valence-electron chi connectivity index (χ1n) is 6.30. The summed E-state index contributed by atoms with van der Waals surface area (Å²) in [6.07, 6.45) is 0. The van der Waals surface area contributed by atoms with E-state index in [0.29, 0.717) is 16.8 Å². The number of carbonyl (C=O) groups excluding carboxylic acids is 1. The van der Waals surface area contributed by atoms with Crippen molar-refractivity contribution in [3.05, 3.63) is 23.3 Å². The zero-order valence-electron chi connectivity index (χ0n) is 12.4. The van der Waals surface area contributed by atoms with Gasteiger partial charge in [0.05, 0.1) is 29.0 Å². The highest BCUT2D eigenvalue weighted by atomic mass is 32.2. The molecule has 0 spiro atoms. The van der Waals surface area contributed by atoms with Gasteiger partial charge in [0.2, 0.25) is 0 Å². The van der Waals surface area contributed by atoms with Crippen LogP contribution in [0, 0.1) is 6.92 Å². The van der Waals surface area contributed by atoms with Crippen LogP contribution in [0.15, 0.2) is 17.0 Å². The lowest BCUT2D eigenvalue weighted by atomic mass is 10.0. The number of hydrogen-bond donors (Lipinski definition) is 0. The Bertz CT molecular complexity index is 677. The van der Waals surface area contributed by atoms with Crippen molar-refractivity contribution in [1.29, 1.82) is 0 Å². The lowest BCUT2D eigenvalue weighted by Crippen LogP contribution is -2.50. The number of fused-ring (bicyclic) bond motifs is 1. The highest BCUT2D eigenvalue weighted by Gasteiger charge is 2.40. The summed E-state index contributed by atoms with van der Waals surface area (Å²) in [4.78, 5) is 13.9. The summed E-state index contributed by atoms with van der Waals surface area (Å²) in [7, 11) is -0.265. The van der Waals surface area contributed by atoms with Crippen molar-refractivity contribution in [1.82, 2.24) is 0 Å². The zero-order valence-corrected chi connectivity index (χ0v) is 13.2. The van der Waals surface area contributed by atoms with Gasteiger partial charge in [0.15, 0.2) is 9.84 Å². The molecule has 0 amide bonds. The second-order valence-corrected chi connectivity index (χ2v) is 7.71. The first kappa shape index (κ1) is 14.8. The summed E-state index contributed by atoms with van der Waals surface area (Å²) in [6.45, 7) is 5.54. The smallest absolute Gasteiger partial charge is 0.338 e. The van der Waals surface area contributed by atoms with E-state index in [2.05, 4.69) is 0 Å². The van der Waals surface area contributed by atoms with E-state index in [0.717, 1.165) is 0 Å². The number of rotatable bonds is 1. The second kappa shape index (κ2) is 4.48. The number of hydrogen-bond acceptors (Lipinski definition) is 5. The maximum absolute atomic E-state index is 12.4. The molecule has 0 N–H and O–H groups in total. The SMILES string of the molecule is COC(=O)c1cc2c(cc1C)N(C)C(C)(C)CS2(=O)=O. The molecule has 1 aliphatic rings. The fourth-order valence-corrected chi connectivity index (χ4v) is 4.57. The number of sulfone groups is 1. The number of benzene rings is 1. The summed E-state index contributed by atoms with van der Waals surface area (Å²) < 4.78 is 29.6. The minimum absolute atomic E-state index is 0.0210. The number of carbonyl (C=O) groups is 1. The molecule has 0 saturated carbocycles. The summed E-state index contributed by atoms with van der Waals surface area (Å²) in [6, 6.07) is 3.16. The standard InChI is InChI=1S/C14H19NO4S/c1-9-6-11-12(7-10(9)13(16)19-5)20(17,18)8-14(2,3)15(11)4/h6-7H,8H2,1-5H3. The number of aryl methyl sites for hydroxylation is 1. The van der Waals surface area contributed by atoms with Gasteiger partial charge < -0.3 is 9.64 Å². The van der Waals surface area contributed by atoms with Gasteiger partial charge in [-0.2, -0.15) is 0 Å². The molecule has 0 unspecified atom stereocenters. The molecule has 1 aromatic rings. The van der Waals surface area contributed by atoms with Gasteiger partial charge in [-0.1, -0.05) is 0 Å². The number of anilines is 1. The molecular formula is C14H19NO4S. The molecule has 20 heavy (non-hydrogen) atoms. The van der Waals surface area contributed by atoms with Crippen molar-refractivity contribution in [2.75, 3.05) is 24.8 Å². The molecule has 0 radical (unpaired) electrons. The van der Waals surface area contributed by atoms with Crippen LogP contribution in [0.4, 0.5) is 5.69 Å². The number of nitrogens with zero attached hydrogens (tertiary/aromatic N) is 1. The second-order valence-electron chi connectivity index (χ2n) is 5.76. The van der Waals surface area contributed by atoms with Crippen molar-refractivity contribution < 1.29 is 17.9 Å². The lowest BCUT2D eigenvalue weighted by Gasteiger charge is -2.42. The molecule has 5 nitrogen and oxygen atoms in total. The molecule has 110 valence electrons. The number of ether oxygens (including phenoxy) is 1. The molecular weight excluding hydrogens is 278 g/mol. The third kappa shape index (κ3) is 2.18. The van der Waals surface area contributed by atoms with E-state index in [4.69, 9.17) is 4.74 Å². The fraction of sp³-hybridized carbons (Fsp3) is 0.500. The Morgan fingerprint density at radius 1 is 1.35 bits per heavy atom. The Morgan fingerprint density at radius 2 is 1.95 bits per heavy atom. The summed E-state index contributed by atoms with van der Waals surface area (Å²) in [5, 5.41) is 0. The third-order valence-corrected chi connectivity index (χ3v) is 5.94. The fourth-order valence-electron chi connectivity index (χ4n) is 2.48.